The molecule has 1 heterocycles. The minimum absolute atomic E-state index is 0.148. The molecule has 1 amide bonds. The lowest BCUT2D eigenvalue weighted by molar-refractivity contribution is -0.526. The van der Waals surface area contributed by atoms with Crippen LogP contribution in [0.3, 0.4) is 0 Å². The highest BCUT2D eigenvalue weighted by molar-refractivity contribution is 6.09. The van der Waals surface area contributed by atoms with Crippen LogP contribution in [0.1, 0.15) is 32.8 Å². The van der Waals surface area contributed by atoms with E-state index in [9.17, 15) is 4.79 Å². The highest BCUT2D eigenvalue weighted by atomic mass is 16.2. The summed E-state index contributed by atoms with van der Waals surface area (Å²) < 4.78 is 0. The van der Waals surface area contributed by atoms with Crippen LogP contribution in [0, 0.1) is 5.92 Å². The third-order valence-electron chi connectivity index (χ3n) is 3.37. The number of nitrogens with zero attached hydrogens (tertiary/aromatic N) is 1. The molecule has 1 aliphatic rings. The third-order valence-corrected chi connectivity index (χ3v) is 3.37. The Morgan fingerprint density at radius 2 is 1.89 bits per heavy atom. The van der Waals surface area contributed by atoms with Crippen LogP contribution in [0.2, 0.25) is 0 Å². The molecule has 2 rings (SSSR count). The van der Waals surface area contributed by atoms with Gasteiger partial charge in [-0.1, -0.05) is 32.0 Å². The fourth-order valence-electron chi connectivity index (χ4n) is 2.69. The van der Waals surface area contributed by atoms with Crippen LogP contribution < -0.4 is 4.99 Å². The first kappa shape index (κ1) is 12.8. The summed E-state index contributed by atoms with van der Waals surface area (Å²) in [5.41, 5.74) is 0.578. The zero-order chi connectivity index (χ0) is 13.3. The van der Waals surface area contributed by atoms with Crippen molar-refractivity contribution in [2.24, 2.45) is 5.92 Å². The fraction of sp³-hybridized carbons (Fsp3) is 0.467. The predicted molar refractivity (Wildman–Crippen MR) is 72.1 cm³/mol. The van der Waals surface area contributed by atoms with Gasteiger partial charge in [0.25, 0.3) is 5.84 Å². The second-order valence-corrected chi connectivity index (χ2v) is 5.63. The van der Waals surface area contributed by atoms with Crippen molar-refractivity contribution < 1.29 is 9.79 Å². The molecule has 1 atom stereocenters. The standard InChI is InChI=1S/C15H20N2O/c1-11(2)10-15(3)14(18)17(4)13(16-15)12-8-6-5-7-9-12/h5-9,11H,10H2,1-4H3/p+1/t15-/m1/s1. The Hall–Kier alpha value is -1.64. The molecule has 0 radical (unpaired) electrons. The Bertz CT molecular complexity index is 479. The lowest BCUT2D eigenvalue weighted by Gasteiger charge is -2.17. The molecule has 0 unspecified atom stereocenters. The molecule has 0 aromatic heterocycles. The second-order valence-electron chi connectivity index (χ2n) is 5.63. The van der Waals surface area contributed by atoms with Gasteiger partial charge in [0.2, 0.25) is 5.54 Å². The number of amidine groups is 1. The van der Waals surface area contributed by atoms with Gasteiger partial charge in [-0.25, -0.2) is 4.79 Å². The van der Waals surface area contributed by atoms with E-state index in [4.69, 9.17) is 0 Å². The summed E-state index contributed by atoms with van der Waals surface area (Å²) in [6, 6.07) is 10.00. The number of carbonyl (C=O) groups excluding carboxylic acids is 1. The topological polar surface area (TPSA) is 34.3 Å². The van der Waals surface area contributed by atoms with Gasteiger partial charge in [0.1, 0.15) is 0 Å². The molecule has 1 aliphatic heterocycles. The third kappa shape index (κ3) is 2.17. The quantitative estimate of drug-likeness (QED) is 0.839. The largest absolute Gasteiger partial charge is 0.356 e. The van der Waals surface area contributed by atoms with E-state index in [-0.39, 0.29) is 5.91 Å². The van der Waals surface area contributed by atoms with Crippen molar-refractivity contribution in [3.8, 4) is 0 Å². The molecular formula is C15H21N2O+. The van der Waals surface area contributed by atoms with Crippen LogP contribution in [0.5, 0.6) is 0 Å². The van der Waals surface area contributed by atoms with Crippen molar-refractivity contribution in [1.29, 1.82) is 0 Å². The molecular weight excluding hydrogens is 224 g/mol. The highest BCUT2D eigenvalue weighted by Crippen LogP contribution is 2.18. The maximum absolute atomic E-state index is 12.4. The van der Waals surface area contributed by atoms with Crippen LogP contribution >= 0.6 is 0 Å². The normalized spacial score (nSPS) is 23.7. The van der Waals surface area contributed by atoms with E-state index in [1.165, 1.54) is 0 Å². The van der Waals surface area contributed by atoms with Gasteiger partial charge in [0.15, 0.2) is 0 Å². The molecule has 0 bridgehead atoms. The number of likely N-dealkylation sites (N-methyl/N-ethyl adjacent to an activating group) is 1. The molecule has 3 nitrogen and oxygen atoms in total. The van der Waals surface area contributed by atoms with E-state index in [2.05, 4.69) is 18.8 Å². The average molecular weight is 245 g/mol. The summed E-state index contributed by atoms with van der Waals surface area (Å²) in [5, 5.41) is 0. The van der Waals surface area contributed by atoms with Crippen LogP contribution in [-0.4, -0.2) is 29.2 Å². The maximum Gasteiger partial charge on any atom is 0.356 e. The molecule has 1 N–H and O–H groups in total. The Kier molecular flexibility index (Phi) is 3.24. The molecule has 0 saturated carbocycles. The fourth-order valence-corrected chi connectivity index (χ4v) is 2.69. The summed E-state index contributed by atoms with van der Waals surface area (Å²) >= 11 is 0. The molecule has 0 aliphatic carbocycles. The number of amides is 1. The molecule has 1 aromatic carbocycles. The molecule has 96 valence electrons. The molecule has 0 fully saturated rings. The molecule has 18 heavy (non-hydrogen) atoms. The van der Waals surface area contributed by atoms with Gasteiger partial charge >= 0.3 is 5.91 Å². The SMILES string of the molecule is CC(C)C[C@@]1(C)[NH+]=C(c2ccccc2)N(C)C1=O. The van der Waals surface area contributed by atoms with Crippen molar-refractivity contribution in [1.82, 2.24) is 4.90 Å². The van der Waals surface area contributed by atoms with Crippen molar-refractivity contribution in [3.63, 3.8) is 0 Å². The van der Waals surface area contributed by atoms with Crippen molar-refractivity contribution in [2.75, 3.05) is 7.05 Å². The summed E-state index contributed by atoms with van der Waals surface area (Å²) in [6.07, 6.45) is 0.840. The Morgan fingerprint density at radius 1 is 1.28 bits per heavy atom. The molecule has 0 saturated heterocycles. The number of nitrogens with one attached hydrogen (secondary N) is 1. The molecule has 1 aromatic rings. The summed E-state index contributed by atoms with van der Waals surface area (Å²) in [6.45, 7) is 6.27. The zero-order valence-electron chi connectivity index (χ0n) is 11.5. The van der Waals surface area contributed by atoms with E-state index in [0.29, 0.717) is 5.92 Å². The van der Waals surface area contributed by atoms with Gasteiger partial charge in [-0.15, -0.1) is 0 Å². The van der Waals surface area contributed by atoms with Crippen LogP contribution in [-0.2, 0) is 4.79 Å². The summed E-state index contributed by atoms with van der Waals surface area (Å²) in [5.74, 6) is 1.54. The van der Waals surface area contributed by atoms with Gasteiger partial charge < -0.3 is 0 Å². The van der Waals surface area contributed by atoms with E-state index >= 15 is 0 Å². The van der Waals surface area contributed by atoms with E-state index in [1.807, 2.05) is 44.3 Å². The van der Waals surface area contributed by atoms with Crippen LogP contribution in [0.15, 0.2) is 30.3 Å². The van der Waals surface area contributed by atoms with E-state index in [1.54, 1.807) is 4.90 Å². The van der Waals surface area contributed by atoms with Gasteiger partial charge in [-0.2, -0.15) is 4.90 Å². The number of rotatable bonds is 3. The number of hydrogen-bond acceptors (Lipinski definition) is 1. The summed E-state index contributed by atoms with van der Waals surface area (Å²) in [4.78, 5) is 17.5. The minimum Gasteiger partial charge on any atom is -0.257 e. The summed E-state index contributed by atoms with van der Waals surface area (Å²) in [7, 11) is 1.84. The Morgan fingerprint density at radius 3 is 2.44 bits per heavy atom. The molecule has 0 spiro atoms. The van der Waals surface area contributed by atoms with Crippen molar-refractivity contribution >= 4 is 11.7 Å². The lowest BCUT2D eigenvalue weighted by atomic mass is 9.91. The lowest BCUT2D eigenvalue weighted by Crippen LogP contribution is -2.85. The maximum atomic E-state index is 12.4. The Labute approximate surface area is 109 Å². The van der Waals surface area contributed by atoms with Gasteiger partial charge in [-0.05, 0) is 25.0 Å². The van der Waals surface area contributed by atoms with E-state index in [0.717, 1.165) is 17.8 Å². The van der Waals surface area contributed by atoms with E-state index < -0.39 is 5.54 Å². The minimum atomic E-state index is -0.478. The van der Waals surface area contributed by atoms with Crippen LogP contribution in [0.4, 0.5) is 0 Å². The monoisotopic (exact) mass is 245 g/mol. The number of hydrogen-bond donors (Lipinski definition) is 1. The number of carbonyl (C=O) groups is 1. The first-order valence-electron chi connectivity index (χ1n) is 6.43. The van der Waals surface area contributed by atoms with Crippen LogP contribution in [0.25, 0.3) is 0 Å². The smallest absolute Gasteiger partial charge is 0.257 e. The van der Waals surface area contributed by atoms with Gasteiger partial charge in [-0.3, -0.25) is 4.99 Å². The van der Waals surface area contributed by atoms with Gasteiger partial charge in [0.05, 0.1) is 12.6 Å². The zero-order valence-corrected chi connectivity index (χ0v) is 11.5. The predicted octanol–water partition coefficient (Wildman–Crippen LogP) is 0.791. The molecule has 3 heteroatoms. The van der Waals surface area contributed by atoms with Gasteiger partial charge in [0, 0.05) is 6.42 Å². The van der Waals surface area contributed by atoms with Crippen molar-refractivity contribution in [2.45, 2.75) is 32.7 Å². The first-order chi connectivity index (χ1) is 8.44. The number of benzene rings is 1. The second kappa shape index (κ2) is 4.56. The average Bonchev–Trinajstić information content (AvgIpc) is 2.54. The highest BCUT2D eigenvalue weighted by Gasteiger charge is 2.50. The Balaban J connectivity index is 2.38. The van der Waals surface area contributed by atoms with Crippen molar-refractivity contribution in [3.05, 3.63) is 35.9 Å². The first-order valence-corrected chi connectivity index (χ1v) is 6.43.